The third-order valence-electron chi connectivity index (χ3n) is 5.75. The number of thiophene rings is 1. The quantitative estimate of drug-likeness (QED) is 0.542. The first-order valence-corrected chi connectivity index (χ1v) is 9.50. The number of aryl methyl sites for hydroxylation is 1. The monoisotopic (exact) mass is 358 g/mol. The van der Waals surface area contributed by atoms with Crippen molar-refractivity contribution in [2.45, 2.75) is 50.8 Å². The molecule has 0 radical (unpaired) electrons. The molecule has 1 unspecified atom stereocenters. The van der Waals surface area contributed by atoms with Gasteiger partial charge >= 0.3 is 0 Å². The van der Waals surface area contributed by atoms with E-state index in [0.717, 1.165) is 17.8 Å². The Balaban J connectivity index is 1.67. The zero-order chi connectivity index (χ0) is 13.2. The van der Waals surface area contributed by atoms with Crippen LogP contribution >= 0.6 is 38.9 Å². The van der Waals surface area contributed by atoms with Crippen LogP contribution in [0.25, 0.3) is 0 Å². The first-order valence-electron chi connectivity index (χ1n) is 7.46. The van der Waals surface area contributed by atoms with Gasteiger partial charge in [-0.15, -0.1) is 22.9 Å². The third kappa shape index (κ3) is 2.05. The highest BCUT2D eigenvalue weighted by Gasteiger charge is 2.54. The summed E-state index contributed by atoms with van der Waals surface area (Å²) < 4.78 is 1.26. The van der Waals surface area contributed by atoms with Crippen molar-refractivity contribution >= 4 is 38.9 Å². The average Bonchev–Trinajstić information content (AvgIpc) is 2.67. The minimum absolute atomic E-state index is 0.246. The fourth-order valence-electron chi connectivity index (χ4n) is 5.40. The summed E-state index contributed by atoms with van der Waals surface area (Å²) >= 11 is 12.5. The van der Waals surface area contributed by atoms with E-state index in [2.05, 4.69) is 28.9 Å². The van der Waals surface area contributed by atoms with E-state index in [-0.39, 0.29) is 5.38 Å². The fraction of sp³-hybridized carbons (Fsp3) is 0.750. The second-order valence-electron chi connectivity index (χ2n) is 7.25. The van der Waals surface area contributed by atoms with Crippen LogP contribution in [-0.4, -0.2) is 0 Å². The number of rotatable bonds is 2. The molecule has 4 bridgehead atoms. The van der Waals surface area contributed by atoms with Crippen LogP contribution in [0.3, 0.4) is 0 Å². The Bertz CT molecular complexity index is 452. The van der Waals surface area contributed by atoms with Crippen LogP contribution in [0.1, 0.15) is 54.3 Å². The van der Waals surface area contributed by atoms with E-state index in [1.807, 2.05) is 11.3 Å². The van der Waals surface area contributed by atoms with Gasteiger partial charge in [0.15, 0.2) is 0 Å². The lowest BCUT2D eigenvalue weighted by Crippen LogP contribution is -2.47. The molecule has 4 fully saturated rings. The summed E-state index contributed by atoms with van der Waals surface area (Å²) in [7, 11) is 0. The molecule has 0 saturated heterocycles. The number of hydrogen-bond donors (Lipinski definition) is 0. The number of halogens is 2. The summed E-state index contributed by atoms with van der Waals surface area (Å²) in [5.41, 5.74) is 1.77. The van der Waals surface area contributed by atoms with Crippen molar-refractivity contribution in [2.24, 2.45) is 23.2 Å². The summed E-state index contributed by atoms with van der Waals surface area (Å²) in [5.74, 6) is 2.95. The molecule has 1 aromatic heterocycles. The predicted molar refractivity (Wildman–Crippen MR) is 86.0 cm³/mol. The highest BCUT2D eigenvalue weighted by Crippen LogP contribution is 2.66. The Morgan fingerprint density at radius 2 is 1.74 bits per heavy atom. The van der Waals surface area contributed by atoms with Crippen molar-refractivity contribution in [3.8, 4) is 0 Å². The Kier molecular flexibility index (Phi) is 3.10. The van der Waals surface area contributed by atoms with Crippen LogP contribution in [0.15, 0.2) is 9.85 Å². The van der Waals surface area contributed by atoms with Crippen molar-refractivity contribution in [3.63, 3.8) is 0 Å². The van der Waals surface area contributed by atoms with E-state index in [9.17, 15) is 0 Å². The van der Waals surface area contributed by atoms with Gasteiger partial charge in [0.25, 0.3) is 0 Å². The molecule has 0 amide bonds. The van der Waals surface area contributed by atoms with Crippen LogP contribution in [-0.2, 0) is 0 Å². The Hall–Kier alpha value is 0.470. The Morgan fingerprint density at radius 3 is 2.16 bits per heavy atom. The van der Waals surface area contributed by atoms with Gasteiger partial charge in [0.2, 0.25) is 0 Å². The average molecular weight is 360 g/mol. The van der Waals surface area contributed by atoms with Crippen molar-refractivity contribution < 1.29 is 0 Å². The van der Waals surface area contributed by atoms with E-state index < -0.39 is 0 Å². The van der Waals surface area contributed by atoms with E-state index in [1.165, 1.54) is 52.8 Å². The van der Waals surface area contributed by atoms with E-state index >= 15 is 0 Å². The smallest absolute Gasteiger partial charge is 0.0735 e. The summed E-state index contributed by atoms with van der Waals surface area (Å²) in [6.45, 7) is 2.17. The normalized spacial score (nSPS) is 41.7. The predicted octanol–water partition coefficient (Wildman–Crippen LogP) is 6.32. The fourth-order valence-corrected chi connectivity index (χ4v) is 7.55. The molecular weight excluding hydrogens is 340 g/mol. The summed E-state index contributed by atoms with van der Waals surface area (Å²) in [6, 6.07) is 2.31. The van der Waals surface area contributed by atoms with Gasteiger partial charge in [-0.05, 0) is 96.2 Å². The number of hydrogen-bond acceptors (Lipinski definition) is 1. The first kappa shape index (κ1) is 13.2. The molecule has 0 N–H and O–H groups in total. The molecule has 0 spiro atoms. The standard InChI is InChI=1S/C16H20BrClS/c1-9-2-13(19-15(9)17)14(18)16-6-10-3-11(7-16)5-12(4-10)8-16/h2,10-12,14H,3-8H2,1H3. The van der Waals surface area contributed by atoms with Crippen LogP contribution < -0.4 is 0 Å². The molecule has 19 heavy (non-hydrogen) atoms. The van der Waals surface area contributed by atoms with Gasteiger partial charge in [-0.1, -0.05) is 0 Å². The van der Waals surface area contributed by atoms with Crippen molar-refractivity contribution in [3.05, 3.63) is 20.3 Å². The van der Waals surface area contributed by atoms with Gasteiger partial charge in [0, 0.05) is 4.88 Å². The SMILES string of the molecule is Cc1cc(C(Cl)C23CC4CC(CC(C4)C2)C3)sc1Br. The second-order valence-corrected chi connectivity index (χ2v) is 10.1. The lowest BCUT2D eigenvalue weighted by atomic mass is 9.48. The van der Waals surface area contributed by atoms with Gasteiger partial charge in [0.05, 0.1) is 9.16 Å². The molecule has 5 rings (SSSR count). The van der Waals surface area contributed by atoms with Gasteiger partial charge < -0.3 is 0 Å². The summed E-state index contributed by atoms with van der Waals surface area (Å²) in [6.07, 6.45) is 8.66. The molecule has 4 saturated carbocycles. The molecule has 104 valence electrons. The van der Waals surface area contributed by atoms with Crippen LogP contribution in [0.2, 0.25) is 0 Å². The van der Waals surface area contributed by atoms with E-state index in [0.29, 0.717) is 5.41 Å². The largest absolute Gasteiger partial charge is 0.131 e. The van der Waals surface area contributed by atoms with Crippen molar-refractivity contribution in [2.75, 3.05) is 0 Å². The molecule has 1 heterocycles. The molecule has 0 aromatic carbocycles. The molecule has 4 aliphatic carbocycles. The molecule has 4 aliphatic rings. The van der Waals surface area contributed by atoms with E-state index in [4.69, 9.17) is 11.6 Å². The minimum atomic E-state index is 0.246. The topological polar surface area (TPSA) is 0 Å². The lowest BCUT2D eigenvalue weighted by Gasteiger charge is -2.58. The van der Waals surface area contributed by atoms with Crippen LogP contribution in [0.5, 0.6) is 0 Å². The zero-order valence-electron chi connectivity index (χ0n) is 11.3. The van der Waals surface area contributed by atoms with Crippen molar-refractivity contribution in [1.29, 1.82) is 0 Å². The second kappa shape index (κ2) is 4.48. The van der Waals surface area contributed by atoms with Crippen LogP contribution in [0.4, 0.5) is 0 Å². The molecule has 0 nitrogen and oxygen atoms in total. The summed E-state index contributed by atoms with van der Waals surface area (Å²) in [4.78, 5) is 1.40. The van der Waals surface area contributed by atoms with Crippen molar-refractivity contribution in [1.82, 2.24) is 0 Å². The molecule has 3 heteroatoms. The Labute approximate surface area is 133 Å². The zero-order valence-corrected chi connectivity index (χ0v) is 14.5. The molecule has 1 aromatic rings. The maximum absolute atomic E-state index is 7.00. The third-order valence-corrected chi connectivity index (χ3v) is 8.78. The van der Waals surface area contributed by atoms with Gasteiger partial charge in [0.1, 0.15) is 0 Å². The Morgan fingerprint density at radius 1 is 1.21 bits per heavy atom. The van der Waals surface area contributed by atoms with Gasteiger partial charge in [-0.25, -0.2) is 0 Å². The van der Waals surface area contributed by atoms with Gasteiger partial charge in [-0.3, -0.25) is 0 Å². The summed E-state index contributed by atoms with van der Waals surface area (Å²) in [5, 5.41) is 0.246. The first-order chi connectivity index (χ1) is 9.06. The highest BCUT2D eigenvalue weighted by molar-refractivity contribution is 9.11. The lowest BCUT2D eigenvalue weighted by molar-refractivity contribution is -0.0547. The van der Waals surface area contributed by atoms with E-state index in [1.54, 1.807) is 0 Å². The molecule has 0 aliphatic heterocycles. The van der Waals surface area contributed by atoms with Gasteiger partial charge in [-0.2, -0.15) is 0 Å². The number of alkyl halides is 1. The minimum Gasteiger partial charge on any atom is -0.131 e. The maximum Gasteiger partial charge on any atom is 0.0735 e. The molecular formula is C16H20BrClS. The van der Waals surface area contributed by atoms with Crippen LogP contribution in [0, 0.1) is 30.1 Å². The maximum atomic E-state index is 7.00. The highest BCUT2D eigenvalue weighted by atomic mass is 79.9. The molecule has 1 atom stereocenters.